The maximum atomic E-state index is 13.1. The molecule has 0 rings (SSSR count). The number of rotatable bonds is 17. The molecule has 0 aromatic heterocycles. The van der Waals surface area contributed by atoms with E-state index in [9.17, 15) is 24.3 Å². The first kappa shape index (κ1) is 33.1. The summed E-state index contributed by atoms with van der Waals surface area (Å²) in [6, 6.07) is -3.78. The van der Waals surface area contributed by atoms with Gasteiger partial charge in [0.25, 0.3) is 0 Å². The van der Waals surface area contributed by atoms with Gasteiger partial charge in [-0.05, 0) is 49.9 Å². The lowest BCUT2D eigenvalue weighted by molar-refractivity contribution is -0.142. The average molecular weight is 514 g/mol. The van der Waals surface area contributed by atoms with Gasteiger partial charge in [-0.25, -0.2) is 4.79 Å². The second-order valence-corrected chi connectivity index (χ2v) is 10.5. The summed E-state index contributed by atoms with van der Waals surface area (Å²) in [6.07, 6.45) is 1.56. The van der Waals surface area contributed by atoms with Crippen molar-refractivity contribution in [2.75, 3.05) is 6.54 Å². The van der Waals surface area contributed by atoms with Crippen LogP contribution in [0, 0.1) is 17.8 Å². The number of aliphatic imine (C=N–C) groups is 1. The molecule has 0 aliphatic heterocycles. The summed E-state index contributed by atoms with van der Waals surface area (Å²) in [5, 5.41) is 17.5. The quantitative estimate of drug-likeness (QED) is 0.0798. The molecule has 208 valence electrons. The van der Waals surface area contributed by atoms with Crippen LogP contribution in [-0.2, 0) is 19.2 Å². The van der Waals surface area contributed by atoms with E-state index in [0.29, 0.717) is 19.3 Å². The van der Waals surface area contributed by atoms with Crippen LogP contribution in [0.25, 0.3) is 0 Å². The molecule has 3 amide bonds. The second-order valence-electron chi connectivity index (χ2n) is 10.5. The Morgan fingerprint density at radius 1 is 0.722 bits per heavy atom. The van der Waals surface area contributed by atoms with Crippen molar-refractivity contribution in [1.29, 1.82) is 0 Å². The molecule has 12 heteroatoms. The number of nitrogens with one attached hydrogen (secondary N) is 3. The first-order chi connectivity index (χ1) is 16.6. The van der Waals surface area contributed by atoms with E-state index >= 15 is 0 Å². The van der Waals surface area contributed by atoms with Gasteiger partial charge in [0.2, 0.25) is 17.7 Å². The molecule has 0 heterocycles. The van der Waals surface area contributed by atoms with Gasteiger partial charge < -0.3 is 38.3 Å². The maximum Gasteiger partial charge on any atom is 0.326 e. The van der Waals surface area contributed by atoms with Crippen molar-refractivity contribution >= 4 is 29.7 Å². The van der Waals surface area contributed by atoms with E-state index in [1.807, 2.05) is 41.5 Å². The van der Waals surface area contributed by atoms with Crippen molar-refractivity contribution in [3.8, 4) is 0 Å². The van der Waals surface area contributed by atoms with Crippen molar-refractivity contribution in [3.05, 3.63) is 0 Å². The highest BCUT2D eigenvalue weighted by molar-refractivity contribution is 5.94. The number of nitrogens with zero attached hydrogens (tertiary/aromatic N) is 1. The lowest BCUT2D eigenvalue weighted by Crippen LogP contribution is -2.57. The van der Waals surface area contributed by atoms with Gasteiger partial charge in [0.05, 0.1) is 6.04 Å². The van der Waals surface area contributed by atoms with Crippen molar-refractivity contribution in [2.45, 2.75) is 97.8 Å². The van der Waals surface area contributed by atoms with Gasteiger partial charge in [-0.3, -0.25) is 19.4 Å². The molecule has 4 unspecified atom stereocenters. The van der Waals surface area contributed by atoms with E-state index < -0.39 is 47.9 Å². The third kappa shape index (κ3) is 14.5. The Labute approximate surface area is 214 Å². The Balaban J connectivity index is 5.47. The fourth-order valence-electron chi connectivity index (χ4n) is 3.61. The Hall–Kier alpha value is -2.89. The number of hydrogen-bond acceptors (Lipinski definition) is 6. The zero-order valence-electron chi connectivity index (χ0n) is 22.5. The third-order valence-electron chi connectivity index (χ3n) is 5.30. The minimum atomic E-state index is -1.20. The topological polar surface area (TPSA) is 215 Å². The molecule has 0 saturated heterocycles. The van der Waals surface area contributed by atoms with E-state index in [1.165, 1.54) is 0 Å². The van der Waals surface area contributed by atoms with Crippen LogP contribution in [-0.4, -0.2) is 65.5 Å². The van der Waals surface area contributed by atoms with Crippen LogP contribution in [0.4, 0.5) is 0 Å². The predicted molar refractivity (Wildman–Crippen MR) is 140 cm³/mol. The molecule has 0 spiro atoms. The molecular formula is C24H47N7O5. The predicted octanol–water partition coefficient (Wildman–Crippen LogP) is 0.0446. The molecule has 0 radical (unpaired) electrons. The molecule has 0 aliphatic carbocycles. The highest BCUT2D eigenvalue weighted by Crippen LogP contribution is 2.11. The molecule has 10 N–H and O–H groups in total. The zero-order valence-corrected chi connectivity index (χ0v) is 22.5. The number of carboxylic acids is 1. The molecule has 0 aromatic carbocycles. The molecule has 4 atom stereocenters. The third-order valence-corrected chi connectivity index (χ3v) is 5.30. The van der Waals surface area contributed by atoms with Crippen molar-refractivity contribution in [1.82, 2.24) is 16.0 Å². The van der Waals surface area contributed by atoms with Crippen molar-refractivity contribution < 1.29 is 24.3 Å². The fourth-order valence-corrected chi connectivity index (χ4v) is 3.61. The number of carbonyl (C=O) groups excluding carboxylic acids is 3. The van der Waals surface area contributed by atoms with Gasteiger partial charge in [-0.2, -0.15) is 0 Å². The Morgan fingerprint density at radius 2 is 1.14 bits per heavy atom. The lowest BCUT2D eigenvalue weighted by Gasteiger charge is -2.27. The van der Waals surface area contributed by atoms with Gasteiger partial charge >= 0.3 is 5.97 Å². The van der Waals surface area contributed by atoms with E-state index in [-0.39, 0.29) is 43.1 Å². The average Bonchev–Trinajstić information content (AvgIpc) is 2.73. The fraction of sp³-hybridized carbons (Fsp3) is 0.792. The number of carboxylic acid groups (broad SMARTS) is 1. The highest BCUT2D eigenvalue weighted by atomic mass is 16.4. The summed E-state index contributed by atoms with van der Waals surface area (Å²) in [6.45, 7) is 11.7. The smallest absolute Gasteiger partial charge is 0.326 e. The monoisotopic (exact) mass is 513 g/mol. The summed E-state index contributed by atoms with van der Waals surface area (Å²) < 4.78 is 0. The number of nitrogens with two attached hydrogens (primary N) is 3. The van der Waals surface area contributed by atoms with Crippen molar-refractivity contribution in [2.24, 2.45) is 39.9 Å². The second kappa shape index (κ2) is 16.7. The minimum absolute atomic E-state index is 0.0313. The SMILES string of the molecule is CC(C)CC(N)C(=O)NC(CC(C)C)C(=O)NC(CC(C)C)C(=O)NC(CCCN=C(N)N)C(=O)O. The van der Waals surface area contributed by atoms with Gasteiger partial charge in [0, 0.05) is 6.54 Å². The first-order valence-electron chi connectivity index (χ1n) is 12.6. The van der Waals surface area contributed by atoms with Gasteiger partial charge in [-0.1, -0.05) is 41.5 Å². The molecule has 12 nitrogen and oxygen atoms in total. The molecule has 0 aliphatic rings. The summed E-state index contributed by atoms with van der Waals surface area (Å²) >= 11 is 0. The van der Waals surface area contributed by atoms with E-state index in [2.05, 4.69) is 20.9 Å². The number of amides is 3. The highest BCUT2D eigenvalue weighted by Gasteiger charge is 2.31. The normalized spacial score (nSPS) is 14.6. The molecule has 0 saturated carbocycles. The molecule has 0 bridgehead atoms. The lowest BCUT2D eigenvalue weighted by atomic mass is 9.98. The summed E-state index contributed by atoms with van der Waals surface area (Å²) in [7, 11) is 0. The Morgan fingerprint density at radius 3 is 1.53 bits per heavy atom. The van der Waals surface area contributed by atoms with Crippen LogP contribution < -0.4 is 33.2 Å². The Kier molecular flexibility index (Phi) is 15.4. The maximum absolute atomic E-state index is 13.1. The standard InChI is InChI=1S/C24H47N7O5/c1-13(2)10-16(25)20(32)30-18(11-14(3)4)22(34)31-19(12-15(5)6)21(33)29-17(23(35)36)8-7-9-28-24(26)27/h13-19H,7-12,25H2,1-6H3,(H,29,33)(H,30,32)(H,31,34)(H,35,36)(H4,26,27,28). The van der Waals surface area contributed by atoms with Gasteiger partial charge in [0.1, 0.15) is 18.1 Å². The molecule has 0 aromatic rings. The first-order valence-corrected chi connectivity index (χ1v) is 12.6. The van der Waals surface area contributed by atoms with Gasteiger partial charge in [-0.15, -0.1) is 0 Å². The largest absolute Gasteiger partial charge is 0.480 e. The molecule has 0 fully saturated rings. The van der Waals surface area contributed by atoms with E-state index in [0.717, 1.165) is 0 Å². The molecule has 36 heavy (non-hydrogen) atoms. The van der Waals surface area contributed by atoms with E-state index in [4.69, 9.17) is 17.2 Å². The zero-order chi connectivity index (χ0) is 28.0. The minimum Gasteiger partial charge on any atom is -0.480 e. The number of guanidine groups is 1. The van der Waals surface area contributed by atoms with E-state index in [1.54, 1.807) is 0 Å². The van der Waals surface area contributed by atoms with Crippen LogP contribution in [0.3, 0.4) is 0 Å². The van der Waals surface area contributed by atoms with Crippen LogP contribution in [0.5, 0.6) is 0 Å². The summed E-state index contributed by atoms with van der Waals surface area (Å²) in [5.74, 6) is -2.53. The Bertz CT molecular complexity index is 751. The summed E-state index contributed by atoms with van der Waals surface area (Å²) in [4.78, 5) is 54.2. The van der Waals surface area contributed by atoms with Crippen molar-refractivity contribution in [3.63, 3.8) is 0 Å². The molecular weight excluding hydrogens is 466 g/mol. The van der Waals surface area contributed by atoms with Crippen LogP contribution >= 0.6 is 0 Å². The van der Waals surface area contributed by atoms with Crippen LogP contribution in [0.1, 0.15) is 73.6 Å². The number of carbonyl (C=O) groups is 4. The summed E-state index contributed by atoms with van der Waals surface area (Å²) in [5.41, 5.74) is 16.5. The number of hydrogen-bond donors (Lipinski definition) is 7. The van der Waals surface area contributed by atoms with Gasteiger partial charge in [0.15, 0.2) is 5.96 Å². The number of aliphatic carboxylic acids is 1. The van der Waals surface area contributed by atoms with Crippen LogP contribution in [0.2, 0.25) is 0 Å². The van der Waals surface area contributed by atoms with Crippen LogP contribution in [0.15, 0.2) is 4.99 Å².